The molecule has 2 aliphatic rings. The SMILES string of the molecule is COc1ccc(N)cc1OCC(F)(F)F.COc1ccc(NC(=O)CCl)cc1OCC(F)(F)F.COc1ccc(NC(=O)CSC2=Nc3cnc(Cl)cc3C2)cc1OCC(F)(F)F.O=C(Cl)CCl.S=C1Cc2cc(Cl)ncc2N1. The molecular weight excluding hydrogens is 1220 g/mol. The zero-order chi connectivity index (χ0) is 59.1. The van der Waals surface area contributed by atoms with Gasteiger partial charge in [-0.3, -0.25) is 14.4 Å². The normalized spacial score (nSPS) is 12.0. The minimum absolute atomic E-state index is 0.0187. The van der Waals surface area contributed by atoms with Crippen molar-refractivity contribution in [1.29, 1.82) is 0 Å². The molecule has 0 spiro atoms. The molecule has 79 heavy (non-hydrogen) atoms. The van der Waals surface area contributed by atoms with Crippen LogP contribution in [0.1, 0.15) is 11.1 Å². The average molecular weight is 1260 g/mol. The van der Waals surface area contributed by atoms with Crippen LogP contribution in [0.25, 0.3) is 0 Å². The van der Waals surface area contributed by atoms with E-state index in [9.17, 15) is 53.9 Å². The van der Waals surface area contributed by atoms with Crippen LogP contribution in [0.4, 0.5) is 68.0 Å². The fourth-order valence-corrected chi connectivity index (χ4v) is 7.26. The number of hydrogen-bond donors (Lipinski definition) is 4. The minimum atomic E-state index is -4.49. The van der Waals surface area contributed by atoms with E-state index in [1.807, 2.05) is 6.07 Å². The van der Waals surface area contributed by atoms with Gasteiger partial charge in [0.1, 0.15) is 16.2 Å². The van der Waals surface area contributed by atoms with Crippen LogP contribution >= 0.6 is 82.0 Å². The maximum atomic E-state index is 12.4. The number of fused-ring (bicyclic) bond motifs is 2. The first kappa shape index (κ1) is 67.2. The lowest BCUT2D eigenvalue weighted by Crippen LogP contribution is -2.20. The number of aromatic nitrogens is 2. The standard InChI is InChI=1S/C18H15ClF3N3O3S.C11H11ClF3NO3.C9H10F3NO2.C7H5ClN2S.C2H2Cl2O/c1-27-13-3-2-11(6-14(13)28-9-18(20,21)22)24-16(26)8-29-17-5-10-4-15(19)23-7-12(10)25-17;1-18-8-3-2-7(16-10(17)5-12)4-9(8)19-6-11(13,14)15;1-14-7-3-2-6(13)4-8(7)15-5-9(10,11)12;8-6-1-4-2-7(11)10-5(4)3-9-6;3-1-2(4)5/h2-4,6-7H,5,8-9H2,1H3,(H,24,26);2-4H,5-6H2,1H3,(H,16,17);2-4H,5,13H2,1H3;1,3H,2H2,(H,10,11);1H2. The minimum Gasteiger partial charge on any atom is -0.493 e. The molecule has 32 heteroatoms. The predicted octanol–water partition coefficient (Wildman–Crippen LogP) is 12.7. The summed E-state index contributed by atoms with van der Waals surface area (Å²) in [6.07, 6.45) is -8.70. The number of anilines is 4. The van der Waals surface area contributed by atoms with Gasteiger partial charge in [-0.25, -0.2) is 15.0 Å². The molecular formula is C47H43Cl5F9N7O9S2. The number of amides is 2. The molecule has 16 nitrogen and oxygen atoms in total. The number of methoxy groups -OCH3 is 3. The van der Waals surface area contributed by atoms with Crippen LogP contribution in [0, 0.1) is 0 Å². The molecule has 5 aromatic rings. The van der Waals surface area contributed by atoms with Crippen molar-refractivity contribution in [3.05, 3.63) is 101 Å². The monoisotopic (exact) mass is 1260 g/mol. The zero-order valence-electron chi connectivity index (χ0n) is 40.9. The highest BCUT2D eigenvalue weighted by atomic mass is 35.5. The van der Waals surface area contributed by atoms with Crippen molar-refractivity contribution in [2.45, 2.75) is 31.4 Å². The Kier molecular flexibility index (Phi) is 27.4. The molecule has 0 fully saturated rings. The van der Waals surface area contributed by atoms with Crippen molar-refractivity contribution in [3.63, 3.8) is 0 Å². The smallest absolute Gasteiger partial charge is 0.422 e. The molecule has 7 rings (SSSR count). The summed E-state index contributed by atoms with van der Waals surface area (Å²) >= 11 is 32.6. The molecule has 2 amide bonds. The van der Waals surface area contributed by atoms with Crippen LogP contribution < -0.4 is 50.1 Å². The van der Waals surface area contributed by atoms with Crippen molar-refractivity contribution < 1.29 is 82.3 Å². The summed E-state index contributed by atoms with van der Waals surface area (Å²) in [5, 5.41) is 9.20. The van der Waals surface area contributed by atoms with E-state index >= 15 is 0 Å². The second-order valence-electron chi connectivity index (χ2n) is 15.1. The summed E-state index contributed by atoms with van der Waals surface area (Å²) in [4.78, 5) is 45.8. The van der Waals surface area contributed by atoms with Crippen LogP contribution in [0.2, 0.25) is 10.3 Å². The summed E-state index contributed by atoms with van der Waals surface area (Å²) in [5.41, 5.74) is 10.1. The Balaban J connectivity index is 0.000000284. The largest absolute Gasteiger partial charge is 0.493 e. The fraction of sp³-hybridized carbons (Fsp3) is 0.298. The van der Waals surface area contributed by atoms with E-state index in [1.54, 1.807) is 18.5 Å². The zero-order valence-corrected chi connectivity index (χ0v) is 46.3. The molecule has 3 aromatic carbocycles. The predicted molar refractivity (Wildman–Crippen MR) is 289 cm³/mol. The number of hydrogen-bond acceptors (Lipinski definition) is 15. The molecule has 0 unspecified atom stereocenters. The van der Waals surface area contributed by atoms with E-state index < -0.39 is 49.5 Å². The van der Waals surface area contributed by atoms with E-state index in [0.717, 1.165) is 39.0 Å². The molecule has 0 radical (unpaired) electrons. The molecule has 0 saturated heterocycles. The van der Waals surface area contributed by atoms with Crippen molar-refractivity contribution in [3.8, 4) is 34.5 Å². The van der Waals surface area contributed by atoms with Crippen molar-refractivity contribution in [1.82, 2.24) is 9.97 Å². The Labute approximate surface area is 479 Å². The molecule has 0 aliphatic carbocycles. The number of thioether (sulfide) groups is 1. The maximum absolute atomic E-state index is 12.4. The van der Waals surface area contributed by atoms with Crippen LogP contribution in [-0.4, -0.2) is 114 Å². The van der Waals surface area contributed by atoms with Crippen LogP contribution in [0.5, 0.6) is 34.5 Å². The highest BCUT2D eigenvalue weighted by Crippen LogP contribution is 2.35. The van der Waals surface area contributed by atoms with Crippen LogP contribution in [0.15, 0.2) is 84.1 Å². The number of halogens is 14. The summed E-state index contributed by atoms with van der Waals surface area (Å²) in [7, 11) is 3.95. The number of pyridine rings is 2. The average Bonchev–Trinajstić information content (AvgIpc) is 3.97. The van der Waals surface area contributed by atoms with E-state index in [2.05, 4.69) is 40.4 Å². The molecule has 2 aromatic heterocycles. The second-order valence-corrected chi connectivity index (χ2v) is 18.3. The number of nitrogen functional groups attached to an aromatic ring is 1. The quantitative estimate of drug-likeness (QED) is 0.0192. The molecule has 0 bridgehead atoms. The number of rotatable bonds is 15. The fourth-order valence-electron chi connectivity index (χ4n) is 5.78. The number of aliphatic imine (C=N–C) groups is 1. The summed E-state index contributed by atoms with van der Waals surface area (Å²) in [6, 6.07) is 16.1. The van der Waals surface area contributed by atoms with Gasteiger partial charge in [0.2, 0.25) is 17.1 Å². The van der Waals surface area contributed by atoms with E-state index in [1.165, 1.54) is 87.7 Å². The Hall–Kier alpha value is -6.10. The number of nitrogens with zero attached hydrogens (tertiary/aromatic N) is 3. The number of carbonyl (C=O) groups excluding carboxylic acids is 3. The van der Waals surface area contributed by atoms with E-state index in [4.69, 9.17) is 94.9 Å². The molecule has 0 saturated carbocycles. The Morgan fingerprint density at radius 1 is 0.646 bits per heavy atom. The van der Waals surface area contributed by atoms with Gasteiger partial charge >= 0.3 is 18.5 Å². The first-order chi connectivity index (χ1) is 37.0. The lowest BCUT2D eigenvalue weighted by Gasteiger charge is -2.14. The van der Waals surface area contributed by atoms with Gasteiger partial charge in [-0.2, -0.15) is 39.5 Å². The van der Waals surface area contributed by atoms with Gasteiger partial charge < -0.3 is 50.1 Å². The Bertz CT molecular complexity index is 2910. The van der Waals surface area contributed by atoms with Gasteiger partial charge in [-0.15, -0.1) is 35.0 Å². The highest BCUT2D eigenvalue weighted by Gasteiger charge is 2.31. The maximum Gasteiger partial charge on any atom is 0.422 e. The van der Waals surface area contributed by atoms with E-state index in [-0.39, 0.29) is 63.6 Å². The Morgan fingerprint density at radius 3 is 1.54 bits per heavy atom. The van der Waals surface area contributed by atoms with Crippen molar-refractivity contribution in [2.24, 2.45) is 4.99 Å². The summed E-state index contributed by atoms with van der Waals surface area (Å²) in [5.74, 6) is -0.860. The molecule has 2 aliphatic heterocycles. The molecule has 0 atom stereocenters. The van der Waals surface area contributed by atoms with Gasteiger partial charge in [-0.1, -0.05) is 35.4 Å². The number of alkyl halides is 11. The lowest BCUT2D eigenvalue weighted by molar-refractivity contribution is -0.154. The number of thiocarbonyl (C=S) groups is 1. The first-order valence-electron chi connectivity index (χ1n) is 21.6. The summed E-state index contributed by atoms with van der Waals surface area (Å²) < 4.78 is 138. The third kappa shape index (κ3) is 26.2. The van der Waals surface area contributed by atoms with Crippen LogP contribution in [0.3, 0.4) is 0 Å². The number of benzene rings is 3. The van der Waals surface area contributed by atoms with Gasteiger partial charge in [0.15, 0.2) is 54.3 Å². The number of ether oxygens (including phenoxy) is 6. The number of nitrogens with one attached hydrogen (secondary N) is 3. The van der Waals surface area contributed by atoms with Gasteiger partial charge in [0.25, 0.3) is 0 Å². The first-order valence-corrected chi connectivity index (χ1v) is 25.2. The van der Waals surface area contributed by atoms with Gasteiger partial charge in [0, 0.05) is 48.1 Å². The highest BCUT2D eigenvalue weighted by molar-refractivity contribution is 8.14. The lowest BCUT2D eigenvalue weighted by atomic mass is 10.2. The number of nitrogens with two attached hydrogens (primary N) is 1. The van der Waals surface area contributed by atoms with Crippen molar-refractivity contribution in [2.75, 3.05) is 80.3 Å². The molecule has 4 heterocycles. The van der Waals surface area contributed by atoms with Gasteiger partial charge in [-0.05, 0) is 71.3 Å². The third-order valence-electron chi connectivity index (χ3n) is 8.95. The van der Waals surface area contributed by atoms with Gasteiger partial charge in [0.05, 0.1) is 66.8 Å². The number of carbonyl (C=O) groups is 3. The summed E-state index contributed by atoms with van der Waals surface area (Å²) in [6.45, 7) is -4.28. The third-order valence-corrected chi connectivity index (χ3v) is 11.3. The second kappa shape index (κ2) is 32.2. The van der Waals surface area contributed by atoms with E-state index in [0.29, 0.717) is 28.1 Å². The molecule has 430 valence electrons. The van der Waals surface area contributed by atoms with Crippen molar-refractivity contribution >= 4 is 138 Å². The van der Waals surface area contributed by atoms with Crippen LogP contribution in [-0.2, 0) is 27.2 Å². The molecule has 5 N–H and O–H groups in total. The topological polar surface area (TPSA) is 207 Å². The Morgan fingerprint density at radius 2 is 1.09 bits per heavy atom.